The molecule has 4 rings (SSSR count). The fourth-order valence-corrected chi connectivity index (χ4v) is 3.48. The van der Waals surface area contributed by atoms with Gasteiger partial charge in [-0.2, -0.15) is 0 Å². The van der Waals surface area contributed by atoms with E-state index in [1.165, 1.54) is 31.4 Å². The lowest BCUT2D eigenvalue weighted by Crippen LogP contribution is -2.23. The summed E-state index contributed by atoms with van der Waals surface area (Å²) in [4.78, 5) is 0. The quantitative estimate of drug-likeness (QED) is 0.721. The maximum absolute atomic E-state index is 13.6. The first kappa shape index (κ1) is 15.4. The molecule has 2 aromatic carbocycles. The number of fused-ring (bicyclic) bond motifs is 1. The normalized spacial score (nSPS) is 20.9. The van der Waals surface area contributed by atoms with Crippen LogP contribution in [0.15, 0.2) is 48.5 Å². The molecule has 1 saturated carbocycles. The van der Waals surface area contributed by atoms with Gasteiger partial charge in [-0.3, -0.25) is 0 Å². The second kappa shape index (κ2) is 6.78. The lowest BCUT2D eigenvalue weighted by molar-refractivity contribution is -0.146. The van der Waals surface area contributed by atoms with Crippen LogP contribution in [-0.2, 0) is 9.47 Å². The average Bonchev–Trinajstić information content (AvgIpc) is 2.62. The van der Waals surface area contributed by atoms with E-state index in [2.05, 4.69) is 0 Å². The Labute approximate surface area is 141 Å². The van der Waals surface area contributed by atoms with Crippen LogP contribution in [0.2, 0.25) is 0 Å². The highest BCUT2D eigenvalue weighted by molar-refractivity contribution is 5.80. The number of ether oxygens (including phenoxy) is 2. The summed E-state index contributed by atoms with van der Waals surface area (Å²) < 4.78 is 26.0. The van der Waals surface area contributed by atoms with Crippen molar-refractivity contribution in [2.24, 2.45) is 0 Å². The second-order valence-electron chi connectivity index (χ2n) is 6.49. The number of halogens is 1. The molecule has 1 atom stereocenters. The molecule has 0 radical (unpaired) electrons. The van der Waals surface area contributed by atoms with E-state index in [4.69, 9.17) is 9.47 Å². The summed E-state index contributed by atoms with van der Waals surface area (Å²) in [6, 6.07) is 14.6. The molecule has 0 amide bonds. The summed E-state index contributed by atoms with van der Waals surface area (Å²) in [7, 11) is 0. The van der Waals surface area contributed by atoms with Gasteiger partial charge in [0.05, 0.1) is 6.10 Å². The molecule has 24 heavy (non-hydrogen) atoms. The molecule has 0 saturated heterocycles. The van der Waals surface area contributed by atoms with E-state index in [1.54, 1.807) is 6.07 Å². The summed E-state index contributed by atoms with van der Waals surface area (Å²) in [5.41, 5.74) is 2.86. The molecule has 0 aromatic heterocycles. The predicted molar refractivity (Wildman–Crippen MR) is 92.5 cm³/mol. The minimum atomic E-state index is -0.424. The van der Waals surface area contributed by atoms with E-state index >= 15 is 0 Å². The molecule has 0 N–H and O–H groups in total. The van der Waals surface area contributed by atoms with Crippen LogP contribution >= 0.6 is 0 Å². The monoisotopic (exact) mass is 324 g/mol. The molecule has 1 fully saturated rings. The molecular weight excluding hydrogens is 303 g/mol. The average molecular weight is 324 g/mol. The summed E-state index contributed by atoms with van der Waals surface area (Å²) in [6.45, 7) is 0. The van der Waals surface area contributed by atoms with Crippen LogP contribution in [-0.4, -0.2) is 6.10 Å². The van der Waals surface area contributed by atoms with E-state index in [0.29, 0.717) is 5.76 Å². The van der Waals surface area contributed by atoms with Gasteiger partial charge in [-0.05, 0) is 36.6 Å². The third-order valence-corrected chi connectivity index (χ3v) is 4.75. The van der Waals surface area contributed by atoms with Crippen LogP contribution < -0.4 is 0 Å². The zero-order chi connectivity index (χ0) is 16.4. The van der Waals surface area contributed by atoms with Crippen molar-refractivity contribution in [3.05, 3.63) is 71.0 Å². The van der Waals surface area contributed by atoms with E-state index in [-0.39, 0.29) is 11.9 Å². The van der Waals surface area contributed by atoms with Crippen molar-refractivity contribution in [1.29, 1.82) is 0 Å². The Morgan fingerprint density at radius 2 is 1.79 bits per heavy atom. The molecule has 2 aliphatic rings. The Balaban J connectivity index is 1.64. The molecule has 2 nitrogen and oxygen atoms in total. The minimum absolute atomic E-state index is 0.240. The van der Waals surface area contributed by atoms with Crippen molar-refractivity contribution in [3.8, 4) is 0 Å². The molecule has 1 aliphatic heterocycles. The highest BCUT2D eigenvalue weighted by Crippen LogP contribution is 2.38. The SMILES string of the molecule is Fc1cccc(C2=Cc3ccccc3C(OC3CCCCC3)O2)c1. The molecule has 1 heterocycles. The van der Waals surface area contributed by atoms with Crippen LogP contribution in [0.25, 0.3) is 11.8 Å². The first-order valence-electron chi connectivity index (χ1n) is 8.68. The van der Waals surface area contributed by atoms with Gasteiger partial charge in [0.15, 0.2) is 0 Å². The zero-order valence-corrected chi connectivity index (χ0v) is 13.6. The highest BCUT2D eigenvalue weighted by Gasteiger charge is 2.27. The Bertz CT molecular complexity index is 747. The molecule has 0 spiro atoms. The Morgan fingerprint density at radius 3 is 2.62 bits per heavy atom. The Morgan fingerprint density at radius 1 is 0.958 bits per heavy atom. The van der Waals surface area contributed by atoms with E-state index < -0.39 is 6.29 Å². The third-order valence-electron chi connectivity index (χ3n) is 4.75. The summed E-state index contributed by atoms with van der Waals surface area (Å²) in [6.07, 6.45) is 7.66. The summed E-state index contributed by atoms with van der Waals surface area (Å²) >= 11 is 0. The van der Waals surface area contributed by atoms with Crippen molar-refractivity contribution in [1.82, 2.24) is 0 Å². The predicted octanol–water partition coefficient (Wildman–Crippen LogP) is 5.70. The van der Waals surface area contributed by atoms with Crippen LogP contribution in [0.1, 0.15) is 55.1 Å². The second-order valence-corrected chi connectivity index (χ2v) is 6.49. The largest absolute Gasteiger partial charge is 0.460 e. The van der Waals surface area contributed by atoms with E-state index in [1.807, 2.05) is 36.4 Å². The van der Waals surface area contributed by atoms with Gasteiger partial charge in [-0.15, -0.1) is 0 Å². The standard InChI is InChI=1S/C21H21FO2/c22-17-9-6-8-16(13-17)20-14-15-7-4-5-12-19(15)21(24-20)23-18-10-2-1-3-11-18/h4-9,12-14,18,21H,1-3,10-11H2. The maximum Gasteiger partial charge on any atom is 0.227 e. The number of hydrogen-bond donors (Lipinski definition) is 0. The Kier molecular flexibility index (Phi) is 4.35. The van der Waals surface area contributed by atoms with Gasteiger partial charge in [0.2, 0.25) is 6.29 Å². The van der Waals surface area contributed by atoms with Gasteiger partial charge in [0.1, 0.15) is 11.6 Å². The minimum Gasteiger partial charge on any atom is -0.460 e. The highest BCUT2D eigenvalue weighted by atomic mass is 19.1. The first-order valence-corrected chi connectivity index (χ1v) is 8.68. The number of rotatable bonds is 3. The number of benzene rings is 2. The van der Waals surface area contributed by atoms with Gasteiger partial charge >= 0.3 is 0 Å². The van der Waals surface area contributed by atoms with Crippen molar-refractivity contribution in [2.45, 2.75) is 44.5 Å². The lowest BCUT2D eigenvalue weighted by atomic mass is 9.97. The fourth-order valence-electron chi connectivity index (χ4n) is 3.48. The van der Waals surface area contributed by atoms with Crippen LogP contribution in [0.4, 0.5) is 4.39 Å². The zero-order valence-electron chi connectivity index (χ0n) is 13.6. The fraction of sp³-hybridized carbons (Fsp3) is 0.333. The molecule has 0 bridgehead atoms. The van der Waals surface area contributed by atoms with Gasteiger partial charge in [0.25, 0.3) is 0 Å². The Hall–Kier alpha value is -2.13. The van der Waals surface area contributed by atoms with E-state index in [9.17, 15) is 4.39 Å². The first-order chi connectivity index (χ1) is 11.8. The molecule has 2 aromatic rings. The van der Waals surface area contributed by atoms with Gasteiger partial charge in [-0.25, -0.2) is 4.39 Å². The molecule has 3 heteroatoms. The summed E-state index contributed by atoms with van der Waals surface area (Å²) in [5.74, 6) is 0.398. The van der Waals surface area contributed by atoms with Gasteiger partial charge < -0.3 is 9.47 Å². The smallest absolute Gasteiger partial charge is 0.227 e. The molecule has 1 aliphatic carbocycles. The molecule has 124 valence electrons. The summed E-state index contributed by atoms with van der Waals surface area (Å²) in [5, 5.41) is 0. The number of hydrogen-bond acceptors (Lipinski definition) is 2. The van der Waals surface area contributed by atoms with Gasteiger partial charge in [0, 0.05) is 11.1 Å². The van der Waals surface area contributed by atoms with Crippen LogP contribution in [0.3, 0.4) is 0 Å². The maximum atomic E-state index is 13.6. The van der Waals surface area contributed by atoms with Crippen LogP contribution in [0, 0.1) is 5.82 Å². The topological polar surface area (TPSA) is 18.5 Å². The molecular formula is C21H21FO2. The van der Waals surface area contributed by atoms with Gasteiger partial charge in [-0.1, -0.05) is 55.7 Å². The van der Waals surface area contributed by atoms with Crippen LogP contribution in [0.5, 0.6) is 0 Å². The third kappa shape index (κ3) is 3.22. The van der Waals surface area contributed by atoms with E-state index in [0.717, 1.165) is 29.5 Å². The van der Waals surface area contributed by atoms with Crippen molar-refractivity contribution in [3.63, 3.8) is 0 Å². The van der Waals surface area contributed by atoms with Crippen molar-refractivity contribution < 1.29 is 13.9 Å². The van der Waals surface area contributed by atoms with Crippen molar-refractivity contribution in [2.75, 3.05) is 0 Å². The lowest BCUT2D eigenvalue weighted by Gasteiger charge is -2.32. The molecule has 1 unspecified atom stereocenters. The van der Waals surface area contributed by atoms with Crippen molar-refractivity contribution >= 4 is 11.8 Å².